The van der Waals surface area contributed by atoms with Crippen LogP contribution in [0.3, 0.4) is 0 Å². The van der Waals surface area contributed by atoms with Crippen molar-refractivity contribution < 1.29 is 4.79 Å². The zero-order valence-electron chi connectivity index (χ0n) is 16.0. The second-order valence-corrected chi connectivity index (χ2v) is 7.70. The van der Waals surface area contributed by atoms with E-state index >= 15 is 0 Å². The lowest BCUT2D eigenvalue weighted by Crippen LogP contribution is -2.36. The van der Waals surface area contributed by atoms with Gasteiger partial charge in [-0.15, -0.1) is 0 Å². The lowest BCUT2D eigenvalue weighted by atomic mass is 10.00. The van der Waals surface area contributed by atoms with Crippen molar-refractivity contribution in [3.8, 4) is 0 Å². The maximum absolute atomic E-state index is 12.6. The number of carbonyl (C=O) groups is 1. The van der Waals surface area contributed by atoms with E-state index < -0.39 is 0 Å². The van der Waals surface area contributed by atoms with Gasteiger partial charge < -0.3 is 9.47 Å². The molecule has 0 atom stereocenters. The van der Waals surface area contributed by atoms with Gasteiger partial charge in [0.15, 0.2) is 0 Å². The lowest BCUT2D eigenvalue weighted by molar-refractivity contribution is -0.135. The molecule has 0 spiro atoms. The summed E-state index contributed by atoms with van der Waals surface area (Å²) in [5, 5.41) is 0. The molecule has 1 amide bonds. The molecule has 1 saturated carbocycles. The topological polar surface area (TPSA) is 38.1 Å². The molecule has 1 aliphatic carbocycles. The summed E-state index contributed by atoms with van der Waals surface area (Å²) in [6.07, 6.45) is 6.11. The van der Waals surface area contributed by atoms with E-state index in [0.717, 1.165) is 25.2 Å². The number of aromatic nitrogens is 2. The summed E-state index contributed by atoms with van der Waals surface area (Å²) in [4.78, 5) is 19.1. The highest BCUT2D eigenvalue weighted by molar-refractivity contribution is 5.78. The van der Waals surface area contributed by atoms with Gasteiger partial charge in [0.1, 0.15) is 5.82 Å². The van der Waals surface area contributed by atoms with Crippen LogP contribution in [0.4, 0.5) is 0 Å². The Morgan fingerprint density at radius 3 is 2.44 bits per heavy atom. The van der Waals surface area contributed by atoms with Crippen LogP contribution >= 0.6 is 0 Å². The Labute approximate surface area is 150 Å². The van der Waals surface area contributed by atoms with Crippen molar-refractivity contribution in [2.45, 2.75) is 66.6 Å². The molecule has 1 aromatic carbocycles. The van der Waals surface area contributed by atoms with Crippen LogP contribution in [0.2, 0.25) is 0 Å². The van der Waals surface area contributed by atoms with Gasteiger partial charge >= 0.3 is 0 Å². The highest BCUT2D eigenvalue weighted by Gasteiger charge is 2.34. The Balaban J connectivity index is 1.82. The Morgan fingerprint density at radius 2 is 1.88 bits per heavy atom. The highest BCUT2D eigenvalue weighted by Crippen LogP contribution is 2.29. The zero-order chi connectivity index (χ0) is 18.1. The van der Waals surface area contributed by atoms with Gasteiger partial charge in [0.05, 0.1) is 6.54 Å². The average Bonchev–Trinajstić information content (AvgIpc) is 3.28. The van der Waals surface area contributed by atoms with Gasteiger partial charge in [-0.2, -0.15) is 0 Å². The first kappa shape index (κ1) is 17.7. The quantitative estimate of drug-likeness (QED) is 0.798. The van der Waals surface area contributed by atoms with Crippen LogP contribution in [0, 0.1) is 26.7 Å². The summed E-state index contributed by atoms with van der Waals surface area (Å²) in [5.41, 5.74) is 5.27. The van der Waals surface area contributed by atoms with Gasteiger partial charge in [-0.25, -0.2) is 4.98 Å². The largest absolute Gasteiger partial charge is 0.332 e. The van der Waals surface area contributed by atoms with Crippen molar-refractivity contribution in [1.82, 2.24) is 14.5 Å². The summed E-state index contributed by atoms with van der Waals surface area (Å²) in [7, 11) is 0. The first-order valence-corrected chi connectivity index (χ1v) is 9.24. The number of nitrogens with zero attached hydrogens (tertiary/aromatic N) is 3. The molecule has 25 heavy (non-hydrogen) atoms. The molecule has 1 fully saturated rings. The fraction of sp³-hybridized carbons (Fsp3) is 0.524. The number of carbonyl (C=O) groups excluding carboxylic acids is 1. The van der Waals surface area contributed by atoms with E-state index in [9.17, 15) is 4.79 Å². The first-order chi connectivity index (χ1) is 11.9. The second-order valence-electron chi connectivity index (χ2n) is 7.70. The summed E-state index contributed by atoms with van der Waals surface area (Å²) in [6, 6.07) is 4.87. The van der Waals surface area contributed by atoms with E-state index in [1.165, 1.54) is 22.3 Å². The van der Waals surface area contributed by atoms with Crippen molar-refractivity contribution >= 4 is 5.91 Å². The Bertz CT molecular complexity index is 748. The summed E-state index contributed by atoms with van der Waals surface area (Å²) in [5.74, 6) is 1.24. The van der Waals surface area contributed by atoms with E-state index in [0.29, 0.717) is 12.6 Å². The van der Waals surface area contributed by atoms with Crippen LogP contribution in [0.15, 0.2) is 24.5 Å². The molecule has 0 bridgehead atoms. The van der Waals surface area contributed by atoms with E-state index in [-0.39, 0.29) is 11.8 Å². The van der Waals surface area contributed by atoms with Crippen LogP contribution in [0.1, 0.15) is 54.8 Å². The minimum Gasteiger partial charge on any atom is -0.332 e. The number of hydrogen-bond donors (Lipinski definition) is 0. The molecule has 1 aliphatic rings. The third-order valence-corrected chi connectivity index (χ3v) is 5.05. The van der Waals surface area contributed by atoms with E-state index in [4.69, 9.17) is 0 Å². The van der Waals surface area contributed by atoms with E-state index in [2.05, 4.69) is 42.5 Å². The van der Waals surface area contributed by atoms with Crippen molar-refractivity contribution in [1.29, 1.82) is 0 Å². The van der Waals surface area contributed by atoms with Crippen molar-refractivity contribution in [2.75, 3.05) is 0 Å². The second kappa shape index (κ2) is 7.03. The highest BCUT2D eigenvalue weighted by atomic mass is 16.2. The maximum atomic E-state index is 12.6. The fourth-order valence-electron chi connectivity index (χ4n) is 3.52. The van der Waals surface area contributed by atoms with E-state index in [1.807, 2.05) is 31.1 Å². The average molecular weight is 339 g/mol. The Hall–Kier alpha value is -2.10. The molecule has 1 heterocycles. The number of amides is 1. The predicted octanol–water partition coefficient (Wildman–Crippen LogP) is 4.00. The molecular weight excluding hydrogens is 310 g/mol. The molecule has 4 nitrogen and oxygen atoms in total. The van der Waals surface area contributed by atoms with E-state index in [1.54, 1.807) is 0 Å². The summed E-state index contributed by atoms with van der Waals surface area (Å²) < 4.78 is 2.19. The molecule has 134 valence electrons. The van der Waals surface area contributed by atoms with Gasteiger partial charge in [-0.1, -0.05) is 31.5 Å². The monoisotopic (exact) mass is 339 g/mol. The number of hydrogen-bond acceptors (Lipinski definition) is 2. The minimum atomic E-state index is 0.0330. The lowest BCUT2D eigenvalue weighted by Gasteiger charge is -2.24. The molecule has 0 aliphatic heterocycles. The summed E-state index contributed by atoms with van der Waals surface area (Å²) >= 11 is 0. The van der Waals surface area contributed by atoms with Gasteiger partial charge in [-0.05, 0) is 50.3 Å². The normalized spacial score (nSPS) is 14.2. The van der Waals surface area contributed by atoms with Crippen LogP contribution in [0.5, 0.6) is 0 Å². The van der Waals surface area contributed by atoms with Crippen molar-refractivity contribution in [3.05, 3.63) is 52.6 Å². The minimum absolute atomic E-state index is 0.0330. The molecular formula is C21H29N3O. The van der Waals surface area contributed by atoms with Crippen molar-refractivity contribution in [2.24, 2.45) is 5.92 Å². The fourth-order valence-corrected chi connectivity index (χ4v) is 3.52. The SMILES string of the molecule is Cc1cc(C)c(Cn2ccnc2CN(C(=O)C(C)C)C2CC2)c(C)c1. The van der Waals surface area contributed by atoms with Crippen LogP contribution < -0.4 is 0 Å². The van der Waals surface area contributed by atoms with Gasteiger partial charge in [0.2, 0.25) is 5.91 Å². The molecule has 0 radical (unpaired) electrons. The smallest absolute Gasteiger partial charge is 0.225 e. The molecule has 0 saturated heterocycles. The number of benzene rings is 1. The Morgan fingerprint density at radius 1 is 1.24 bits per heavy atom. The zero-order valence-corrected chi connectivity index (χ0v) is 16.0. The summed E-state index contributed by atoms with van der Waals surface area (Å²) in [6.45, 7) is 11.8. The molecule has 3 rings (SSSR count). The van der Waals surface area contributed by atoms with Crippen LogP contribution in [-0.4, -0.2) is 26.4 Å². The molecule has 0 N–H and O–H groups in total. The number of rotatable bonds is 6. The molecule has 0 unspecified atom stereocenters. The number of aryl methyl sites for hydroxylation is 3. The predicted molar refractivity (Wildman–Crippen MR) is 100 cm³/mol. The van der Waals surface area contributed by atoms with Crippen LogP contribution in [-0.2, 0) is 17.9 Å². The van der Waals surface area contributed by atoms with Gasteiger partial charge in [0, 0.05) is 30.9 Å². The third kappa shape index (κ3) is 3.94. The molecule has 4 heteroatoms. The first-order valence-electron chi connectivity index (χ1n) is 9.24. The Kier molecular flexibility index (Phi) is 4.98. The van der Waals surface area contributed by atoms with Gasteiger partial charge in [-0.3, -0.25) is 4.79 Å². The number of imidazole rings is 1. The molecule has 2 aromatic rings. The third-order valence-electron chi connectivity index (χ3n) is 5.05. The van der Waals surface area contributed by atoms with Crippen molar-refractivity contribution in [3.63, 3.8) is 0 Å². The van der Waals surface area contributed by atoms with Gasteiger partial charge in [0.25, 0.3) is 0 Å². The standard InChI is InChI=1S/C21H29N3O/c1-14(2)21(25)24(18-6-7-18)13-20-22-8-9-23(20)12-19-16(4)10-15(3)11-17(19)5/h8-11,14,18H,6-7,12-13H2,1-5H3. The maximum Gasteiger partial charge on any atom is 0.225 e. The van der Waals surface area contributed by atoms with Crippen LogP contribution in [0.25, 0.3) is 0 Å². The molecule has 1 aromatic heterocycles.